The summed E-state index contributed by atoms with van der Waals surface area (Å²) in [6.07, 6.45) is 1.07. The van der Waals surface area contributed by atoms with E-state index in [1.807, 2.05) is 19.9 Å². The Bertz CT molecular complexity index is 761. The molecule has 1 N–H and O–H groups in total. The van der Waals surface area contributed by atoms with Crippen LogP contribution in [-0.2, 0) is 4.74 Å². The quantitative estimate of drug-likeness (QED) is 0.918. The van der Waals surface area contributed by atoms with Crippen LogP contribution >= 0.6 is 11.3 Å². The maximum atomic E-state index is 12.5. The summed E-state index contributed by atoms with van der Waals surface area (Å²) in [7, 11) is 0. The number of aromatic nitrogens is 1. The minimum atomic E-state index is 0.00785. The maximum absolute atomic E-state index is 12.5. The van der Waals surface area contributed by atoms with Crippen LogP contribution in [0.15, 0.2) is 30.3 Å². The number of benzene rings is 1. The van der Waals surface area contributed by atoms with Crippen molar-refractivity contribution in [2.24, 2.45) is 0 Å². The standard InChI is InChI=1S/C19H23N3O2S/c1-12-18(25-13(2)20-12)19(23)21-15-8-16-11-24-17(10-22(16)9-15)14-6-4-3-5-7-14/h3-7,15-17H,8-11H2,1-2H3,(H,21,23)/t15-,16+,17-/m1/s1. The van der Waals surface area contributed by atoms with Crippen molar-refractivity contribution < 1.29 is 9.53 Å². The lowest BCUT2D eigenvalue weighted by Crippen LogP contribution is -2.43. The molecule has 1 aromatic heterocycles. The number of carbonyl (C=O) groups is 1. The second kappa shape index (κ2) is 6.86. The number of nitrogens with one attached hydrogen (secondary N) is 1. The highest BCUT2D eigenvalue weighted by Gasteiger charge is 2.38. The number of fused-ring (bicyclic) bond motifs is 1. The average molecular weight is 357 g/mol. The van der Waals surface area contributed by atoms with Gasteiger partial charge in [0.1, 0.15) is 4.88 Å². The van der Waals surface area contributed by atoms with Crippen molar-refractivity contribution in [3.8, 4) is 0 Å². The molecule has 3 atom stereocenters. The first-order valence-electron chi connectivity index (χ1n) is 8.75. The Morgan fingerprint density at radius 3 is 2.80 bits per heavy atom. The molecular weight excluding hydrogens is 334 g/mol. The van der Waals surface area contributed by atoms with Crippen molar-refractivity contribution >= 4 is 17.2 Å². The fourth-order valence-electron chi connectivity index (χ4n) is 3.84. The Kier molecular flexibility index (Phi) is 4.58. The Morgan fingerprint density at radius 2 is 2.08 bits per heavy atom. The summed E-state index contributed by atoms with van der Waals surface area (Å²) >= 11 is 1.47. The second-order valence-electron chi connectivity index (χ2n) is 6.89. The molecular formula is C19H23N3O2S. The number of rotatable bonds is 3. The molecule has 0 saturated carbocycles. The van der Waals surface area contributed by atoms with Crippen LogP contribution in [-0.4, -0.2) is 47.6 Å². The zero-order valence-electron chi connectivity index (χ0n) is 14.6. The Balaban J connectivity index is 1.38. The largest absolute Gasteiger partial charge is 0.371 e. The number of thiazole rings is 1. The lowest BCUT2D eigenvalue weighted by molar-refractivity contribution is -0.0502. The number of hydrogen-bond acceptors (Lipinski definition) is 5. The van der Waals surface area contributed by atoms with Crippen LogP contribution < -0.4 is 5.32 Å². The van der Waals surface area contributed by atoms with E-state index in [9.17, 15) is 4.79 Å². The maximum Gasteiger partial charge on any atom is 0.263 e. The number of aryl methyl sites for hydroxylation is 2. The lowest BCUT2D eigenvalue weighted by Gasteiger charge is -2.35. The van der Waals surface area contributed by atoms with Gasteiger partial charge in [0.25, 0.3) is 5.91 Å². The molecule has 2 saturated heterocycles. The molecule has 0 unspecified atom stereocenters. The van der Waals surface area contributed by atoms with Crippen molar-refractivity contribution in [1.29, 1.82) is 0 Å². The van der Waals surface area contributed by atoms with E-state index < -0.39 is 0 Å². The van der Waals surface area contributed by atoms with Crippen molar-refractivity contribution in [1.82, 2.24) is 15.2 Å². The summed E-state index contributed by atoms with van der Waals surface area (Å²) in [6.45, 7) is 6.34. The molecule has 0 aliphatic carbocycles. The molecule has 1 aromatic carbocycles. The SMILES string of the molecule is Cc1nc(C)c(C(=O)N[C@@H]2C[C@H]3CO[C@@H](c4ccccc4)CN3C2)s1. The number of carbonyl (C=O) groups excluding carboxylic acids is 1. The van der Waals surface area contributed by atoms with E-state index in [0.717, 1.165) is 41.7 Å². The molecule has 2 aliphatic rings. The van der Waals surface area contributed by atoms with E-state index in [4.69, 9.17) is 4.74 Å². The summed E-state index contributed by atoms with van der Waals surface area (Å²) in [4.78, 5) is 20.1. The summed E-state index contributed by atoms with van der Waals surface area (Å²) in [5.74, 6) is 0.00785. The number of morpholine rings is 1. The minimum Gasteiger partial charge on any atom is -0.371 e. The molecule has 0 bridgehead atoms. The fourth-order valence-corrected chi connectivity index (χ4v) is 4.66. The van der Waals surface area contributed by atoms with Gasteiger partial charge in [0, 0.05) is 25.2 Å². The van der Waals surface area contributed by atoms with Crippen LogP contribution in [0.4, 0.5) is 0 Å². The van der Waals surface area contributed by atoms with Gasteiger partial charge in [-0.1, -0.05) is 30.3 Å². The smallest absolute Gasteiger partial charge is 0.263 e. The van der Waals surface area contributed by atoms with Gasteiger partial charge in [-0.2, -0.15) is 0 Å². The molecule has 2 aromatic rings. The Hall–Kier alpha value is -1.76. The molecule has 0 spiro atoms. The van der Waals surface area contributed by atoms with Gasteiger partial charge in [0.15, 0.2) is 0 Å². The normalized spacial score (nSPS) is 26.4. The summed E-state index contributed by atoms with van der Waals surface area (Å²) in [5.41, 5.74) is 2.05. The van der Waals surface area contributed by atoms with Gasteiger partial charge in [0.2, 0.25) is 0 Å². The molecule has 132 valence electrons. The summed E-state index contributed by atoms with van der Waals surface area (Å²) in [5, 5.41) is 4.13. The van der Waals surface area contributed by atoms with Gasteiger partial charge in [0.05, 0.1) is 23.4 Å². The molecule has 2 fully saturated rings. The molecule has 6 heteroatoms. The van der Waals surface area contributed by atoms with E-state index in [1.54, 1.807) is 0 Å². The number of hydrogen-bond donors (Lipinski definition) is 1. The third kappa shape index (κ3) is 3.47. The zero-order chi connectivity index (χ0) is 17.4. The van der Waals surface area contributed by atoms with Crippen LogP contribution in [0.25, 0.3) is 0 Å². The van der Waals surface area contributed by atoms with Gasteiger partial charge >= 0.3 is 0 Å². The zero-order valence-corrected chi connectivity index (χ0v) is 15.4. The summed E-state index contributed by atoms with van der Waals surface area (Å²) in [6, 6.07) is 10.9. The number of nitrogens with zero attached hydrogens (tertiary/aromatic N) is 2. The van der Waals surface area contributed by atoms with E-state index in [0.29, 0.717) is 6.04 Å². The van der Waals surface area contributed by atoms with E-state index in [-0.39, 0.29) is 18.1 Å². The van der Waals surface area contributed by atoms with Crippen LogP contribution in [0.3, 0.4) is 0 Å². The van der Waals surface area contributed by atoms with Gasteiger partial charge in [-0.3, -0.25) is 9.69 Å². The van der Waals surface area contributed by atoms with Gasteiger partial charge in [-0.25, -0.2) is 4.98 Å². The number of ether oxygens (including phenoxy) is 1. The van der Waals surface area contributed by atoms with Crippen molar-refractivity contribution in [2.45, 2.75) is 38.5 Å². The highest BCUT2D eigenvalue weighted by atomic mass is 32.1. The molecule has 3 heterocycles. The highest BCUT2D eigenvalue weighted by Crippen LogP contribution is 2.30. The van der Waals surface area contributed by atoms with Gasteiger partial charge in [-0.15, -0.1) is 11.3 Å². The first-order valence-corrected chi connectivity index (χ1v) is 9.57. The lowest BCUT2D eigenvalue weighted by atomic mass is 10.1. The molecule has 0 radical (unpaired) electrons. The summed E-state index contributed by atoms with van der Waals surface area (Å²) < 4.78 is 6.08. The fraction of sp³-hybridized carbons (Fsp3) is 0.474. The van der Waals surface area contributed by atoms with Crippen molar-refractivity contribution in [3.05, 3.63) is 51.5 Å². The minimum absolute atomic E-state index is 0.00785. The predicted molar refractivity (Wildman–Crippen MR) is 98.0 cm³/mol. The first kappa shape index (κ1) is 16.7. The van der Waals surface area contributed by atoms with Gasteiger partial charge < -0.3 is 10.1 Å². The topological polar surface area (TPSA) is 54.5 Å². The molecule has 1 amide bonds. The predicted octanol–water partition coefficient (Wildman–Crippen LogP) is 2.70. The van der Waals surface area contributed by atoms with E-state index in [1.165, 1.54) is 16.9 Å². The Morgan fingerprint density at radius 1 is 1.28 bits per heavy atom. The van der Waals surface area contributed by atoms with Crippen LogP contribution in [0, 0.1) is 13.8 Å². The van der Waals surface area contributed by atoms with Crippen LogP contribution in [0.2, 0.25) is 0 Å². The Labute approximate surface area is 152 Å². The van der Waals surface area contributed by atoms with Crippen LogP contribution in [0.5, 0.6) is 0 Å². The van der Waals surface area contributed by atoms with E-state index >= 15 is 0 Å². The third-order valence-electron chi connectivity index (χ3n) is 5.03. The van der Waals surface area contributed by atoms with Crippen molar-refractivity contribution in [3.63, 3.8) is 0 Å². The molecule has 5 nitrogen and oxygen atoms in total. The van der Waals surface area contributed by atoms with Gasteiger partial charge in [-0.05, 0) is 25.8 Å². The average Bonchev–Trinajstić information content (AvgIpc) is 3.16. The van der Waals surface area contributed by atoms with Crippen LogP contribution in [0.1, 0.15) is 38.5 Å². The monoisotopic (exact) mass is 357 g/mol. The first-order chi connectivity index (χ1) is 12.1. The molecule has 4 rings (SSSR count). The third-order valence-corrected chi connectivity index (χ3v) is 6.11. The molecule has 2 aliphatic heterocycles. The van der Waals surface area contributed by atoms with Crippen molar-refractivity contribution in [2.75, 3.05) is 19.7 Å². The highest BCUT2D eigenvalue weighted by molar-refractivity contribution is 7.13. The molecule has 25 heavy (non-hydrogen) atoms. The number of amides is 1. The van der Waals surface area contributed by atoms with E-state index in [2.05, 4.69) is 39.5 Å². The second-order valence-corrected chi connectivity index (χ2v) is 8.10.